The highest BCUT2D eigenvalue weighted by Crippen LogP contribution is 2.31. The topological polar surface area (TPSA) is 58.4 Å². The van der Waals surface area contributed by atoms with Gasteiger partial charge >= 0.3 is 0 Å². The van der Waals surface area contributed by atoms with Crippen molar-refractivity contribution in [3.8, 4) is 11.3 Å². The summed E-state index contributed by atoms with van der Waals surface area (Å²) >= 11 is 6.62. The normalized spacial score (nSPS) is 19.7. The van der Waals surface area contributed by atoms with E-state index in [1.807, 2.05) is 19.2 Å². The fourth-order valence-corrected chi connectivity index (χ4v) is 4.48. The molecule has 0 bridgehead atoms. The Morgan fingerprint density at radius 2 is 1.87 bits per heavy atom. The molecule has 1 aliphatic heterocycles. The van der Waals surface area contributed by atoms with Crippen LogP contribution >= 0.6 is 11.6 Å². The van der Waals surface area contributed by atoms with Crippen molar-refractivity contribution in [1.82, 2.24) is 24.7 Å². The van der Waals surface area contributed by atoms with Gasteiger partial charge < -0.3 is 14.6 Å². The molecule has 2 unspecified atom stereocenters. The maximum absolute atomic E-state index is 14.5. The van der Waals surface area contributed by atoms with Crippen LogP contribution in [0, 0.1) is 12.7 Å². The lowest BCUT2D eigenvalue weighted by Crippen LogP contribution is -2.54. The molecule has 30 heavy (non-hydrogen) atoms. The summed E-state index contributed by atoms with van der Waals surface area (Å²) in [6.45, 7) is 8.00. The van der Waals surface area contributed by atoms with E-state index in [2.05, 4.69) is 39.0 Å². The predicted octanol–water partition coefficient (Wildman–Crippen LogP) is 4.23. The number of nitrogens with zero attached hydrogens (tertiary/aromatic N) is 5. The van der Waals surface area contributed by atoms with Gasteiger partial charge in [0.2, 0.25) is 0 Å². The summed E-state index contributed by atoms with van der Waals surface area (Å²) in [5, 5.41) is 4.87. The fraction of sp³-hybridized carbons (Fsp3) is 0.318. The van der Waals surface area contributed by atoms with E-state index in [1.54, 1.807) is 22.9 Å². The van der Waals surface area contributed by atoms with E-state index in [9.17, 15) is 4.39 Å². The average molecular weight is 425 g/mol. The van der Waals surface area contributed by atoms with Gasteiger partial charge in [-0.15, -0.1) is 0 Å². The van der Waals surface area contributed by atoms with Gasteiger partial charge in [-0.2, -0.15) is 0 Å². The highest BCUT2D eigenvalue weighted by atomic mass is 35.5. The Morgan fingerprint density at radius 3 is 2.63 bits per heavy atom. The number of aromatic nitrogens is 4. The van der Waals surface area contributed by atoms with Crippen LogP contribution in [0.25, 0.3) is 27.9 Å². The molecule has 1 fully saturated rings. The maximum Gasteiger partial charge on any atom is 0.173 e. The summed E-state index contributed by atoms with van der Waals surface area (Å²) in [7, 11) is 0. The first-order valence-electron chi connectivity index (χ1n) is 10.00. The zero-order chi connectivity index (χ0) is 21.0. The largest absolute Gasteiger partial charge is 0.367 e. The van der Waals surface area contributed by atoms with Gasteiger partial charge in [-0.05, 0) is 39.0 Å². The summed E-state index contributed by atoms with van der Waals surface area (Å²) in [4.78, 5) is 15.7. The number of imidazole rings is 1. The Kier molecular flexibility index (Phi) is 4.60. The Balaban J connectivity index is 1.56. The van der Waals surface area contributed by atoms with Crippen LogP contribution in [0.2, 0.25) is 5.02 Å². The Hall–Kier alpha value is -2.77. The molecule has 0 amide bonds. The van der Waals surface area contributed by atoms with E-state index in [0.717, 1.165) is 29.9 Å². The molecule has 6 nitrogen and oxygen atoms in total. The van der Waals surface area contributed by atoms with Crippen molar-refractivity contribution in [3.63, 3.8) is 0 Å². The van der Waals surface area contributed by atoms with E-state index in [-0.39, 0.29) is 0 Å². The number of halogens is 2. The lowest BCUT2D eigenvalue weighted by molar-refractivity contribution is 0.407. The van der Waals surface area contributed by atoms with Crippen molar-refractivity contribution < 1.29 is 4.39 Å². The first-order chi connectivity index (χ1) is 14.4. The molecule has 4 aromatic heterocycles. The highest BCUT2D eigenvalue weighted by Gasteiger charge is 2.22. The van der Waals surface area contributed by atoms with Crippen molar-refractivity contribution in [2.24, 2.45) is 0 Å². The maximum atomic E-state index is 14.5. The molecule has 5 heterocycles. The molecule has 5 rings (SSSR count). The molecular weight excluding hydrogens is 403 g/mol. The zero-order valence-corrected chi connectivity index (χ0v) is 17.8. The number of nitrogens with one attached hydrogen (secondary N) is 1. The number of fused-ring (bicyclic) bond motifs is 2. The zero-order valence-electron chi connectivity index (χ0n) is 17.0. The van der Waals surface area contributed by atoms with Crippen LogP contribution in [-0.4, -0.2) is 44.5 Å². The molecule has 0 spiro atoms. The van der Waals surface area contributed by atoms with Crippen LogP contribution in [0.5, 0.6) is 0 Å². The van der Waals surface area contributed by atoms with Gasteiger partial charge in [0, 0.05) is 48.5 Å². The van der Waals surface area contributed by atoms with Crippen molar-refractivity contribution in [2.45, 2.75) is 32.9 Å². The third kappa shape index (κ3) is 3.38. The molecule has 8 heteroatoms. The van der Waals surface area contributed by atoms with Gasteiger partial charge in [-0.3, -0.25) is 0 Å². The molecule has 4 aromatic rings. The molecule has 1 aliphatic rings. The van der Waals surface area contributed by atoms with E-state index >= 15 is 0 Å². The number of aryl methyl sites for hydroxylation is 1. The van der Waals surface area contributed by atoms with Gasteiger partial charge in [0.25, 0.3) is 0 Å². The summed E-state index contributed by atoms with van der Waals surface area (Å²) in [5.41, 5.74) is 3.81. The Labute approximate surface area is 178 Å². The molecular formula is C22H22ClFN6. The monoisotopic (exact) mass is 424 g/mol. The van der Waals surface area contributed by atoms with Gasteiger partial charge in [0.05, 0.1) is 28.3 Å². The van der Waals surface area contributed by atoms with Gasteiger partial charge in [-0.1, -0.05) is 11.6 Å². The lowest BCUT2D eigenvalue weighted by atomic mass is 10.1. The highest BCUT2D eigenvalue weighted by molar-refractivity contribution is 6.35. The van der Waals surface area contributed by atoms with Gasteiger partial charge in [0.1, 0.15) is 0 Å². The standard InChI is InChI=1S/C22H22ClFN6/c1-12-8-29(9-13(2)26-12)16-5-17-18(23)6-20(28-21(17)25-7-16)15-4-19(24)22-27-14(3)10-30(22)11-15/h4-7,10-13,26H,8-9H2,1-3H3. The molecule has 0 radical (unpaired) electrons. The van der Waals surface area contributed by atoms with Crippen LogP contribution < -0.4 is 10.2 Å². The average Bonchev–Trinajstić information content (AvgIpc) is 3.08. The Bertz CT molecular complexity index is 1260. The van der Waals surface area contributed by atoms with E-state index < -0.39 is 5.82 Å². The van der Waals surface area contributed by atoms with E-state index in [0.29, 0.717) is 39.7 Å². The smallest absolute Gasteiger partial charge is 0.173 e. The molecule has 1 saturated heterocycles. The predicted molar refractivity (Wildman–Crippen MR) is 118 cm³/mol. The summed E-state index contributed by atoms with van der Waals surface area (Å²) in [6.07, 6.45) is 5.43. The Morgan fingerprint density at radius 1 is 1.10 bits per heavy atom. The van der Waals surface area contributed by atoms with E-state index in [4.69, 9.17) is 11.6 Å². The number of hydrogen-bond donors (Lipinski definition) is 1. The van der Waals surface area contributed by atoms with Crippen molar-refractivity contribution in [3.05, 3.63) is 53.3 Å². The van der Waals surface area contributed by atoms with Crippen molar-refractivity contribution in [2.75, 3.05) is 18.0 Å². The second kappa shape index (κ2) is 7.18. The van der Waals surface area contributed by atoms with Crippen molar-refractivity contribution in [1.29, 1.82) is 0 Å². The lowest BCUT2D eigenvalue weighted by Gasteiger charge is -2.37. The summed E-state index contributed by atoms with van der Waals surface area (Å²) < 4.78 is 16.2. The summed E-state index contributed by atoms with van der Waals surface area (Å²) in [6, 6.07) is 6.04. The third-order valence-electron chi connectivity index (χ3n) is 5.44. The van der Waals surface area contributed by atoms with Crippen molar-refractivity contribution >= 4 is 34.0 Å². The minimum Gasteiger partial charge on any atom is -0.367 e. The van der Waals surface area contributed by atoms with Crippen LogP contribution in [0.3, 0.4) is 0 Å². The van der Waals surface area contributed by atoms with Crippen LogP contribution in [0.15, 0.2) is 36.8 Å². The SMILES string of the molecule is Cc1cn2cc(-c3cc(Cl)c4cc(N5CC(C)NC(C)C5)cnc4n3)cc(F)c2n1. The molecule has 0 saturated carbocycles. The third-order valence-corrected chi connectivity index (χ3v) is 5.76. The summed E-state index contributed by atoms with van der Waals surface area (Å²) in [5.74, 6) is -0.399. The first kappa shape index (κ1) is 19.2. The van der Waals surface area contributed by atoms with Crippen LogP contribution in [-0.2, 0) is 0 Å². The molecule has 154 valence electrons. The van der Waals surface area contributed by atoms with E-state index in [1.165, 1.54) is 6.07 Å². The quantitative estimate of drug-likeness (QED) is 0.521. The van der Waals surface area contributed by atoms with Crippen LogP contribution in [0.4, 0.5) is 10.1 Å². The number of pyridine rings is 3. The second-order valence-corrected chi connectivity index (χ2v) is 8.52. The molecule has 2 atom stereocenters. The minimum atomic E-state index is -0.399. The van der Waals surface area contributed by atoms with Gasteiger partial charge in [-0.25, -0.2) is 19.3 Å². The van der Waals surface area contributed by atoms with Crippen LogP contribution in [0.1, 0.15) is 19.5 Å². The number of anilines is 1. The number of rotatable bonds is 2. The second-order valence-electron chi connectivity index (χ2n) is 8.12. The molecule has 0 aromatic carbocycles. The number of piperazine rings is 1. The minimum absolute atomic E-state index is 0.297. The molecule has 1 N–H and O–H groups in total. The molecule has 0 aliphatic carbocycles. The fourth-order valence-electron chi connectivity index (χ4n) is 4.23. The number of hydrogen-bond acceptors (Lipinski definition) is 5. The first-order valence-corrected chi connectivity index (χ1v) is 10.4. The van der Waals surface area contributed by atoms with Gasteiger partial charge in [0.15, 0.2) is 17.1 Å².